The molecule has 0 radical (unpaired) electrons. The van der Waals surface area contributed by atoms with Gasteiger partial charge in [-0.3, -0.25) is 4.79 Å². The fourth-order valence-corrected chi connectivity index (χ4v) is 5.22. The van der Waals surface area contributed by atoms with E-state index in [2.05, 4.69) is 67.8 Å². The van der Waals surface area contributed by atoms with Gasteiger partial charge >= 0.3 is 0 Å². The predicted molar refractivity (Wildman–Crippen MR) is 74.6 cm³/mol. The fraction of sp³-hybridized carbons (Fsp3) is 0.125. The number of carbonyl (C=O) groups is 1. The van der Waals surface area contributed by atoms with Crippen LogP contribution in [0.2, 0.25) is 0 Å². The van der Waals surface area contributed by atoms with Crippen LogP contribution in [0.1, 0.15) is 17.3 Å². The molecule has 0 bridgehead atoms. The van der Waals surface area contributed by atoms with Crippen molar-refractivity contribution in [3.05, 3.63) is 28.4 Å². The number of rotatable bonds is 1. The summed E-state index contributed by atoms with van der Waals surface area (Å²) in [6, 6.07) is 4.03. The number of halogens is 3. The van der Waals surface area contributed by atoms with Crippen molar-refractivity contribution in [3.8, 4) is 0 Å². The van der Waals surface area contributed by atoms with Gasteiger partial charge in [-0.25, -0.2) is 0 Å². The summed E-state index contributed by atoms with van der Waals surface area (Å²) in [6.07, 6.45) is 0. The molecule has 12 heavy (non-hydrogen) atoms. The van der Waals surface area contributed by atoms with E-state index in [-0.39, 0.29) is 5.78 Å². The van der Waals surface area contributed by atoms with Gasteiger partial charge in [0, 0.05) is 16.3 Å². The quantitative estimate of drug-likeness (QED) is 0.427. The normalized spacial score (nSPS) is 10.0. The van der Waals surface area contributed by atoms with E-state index >= 15 is 0 Å². The number of benzene rings is 1. The van der Waals surface area contributed by atoms with Crippen LogP contribution >= 0.6 is 67.8 Å². The van der Waals surface area contributed by atoms with Gasteiger partial charge in [-0.1, -0.05) is 0 Å². The molecule has 64 valence electrons. The monoisotopic (exact) mass is 498 g/mol. The maximum atomic E-state index is 11.2. The number of carbonyl (C=O) groups excluding carboxylic acids is 1. The van der Waals surface area contributed by atoms with E-state index in [0.717, 1.165) is 12.7 Å². The van der Waals surface area contributed by atoms with Gasteiger partial charge in [0.1, 0.15) is 0 Å². The van der Waals surface area contributed by atoms with E-state index < -0.39 is 0 Å². The van der Waals surface area contributed by atoms with Crippen molar-refractivity contribution >= 4 is 73.6 Å². The molecule has 0 amide bonds. The van der Waals surface area contributed by atoms with Crippen LogP contribution in [-0.2, 0) is 0 Å². The lowest BCUT2D eigenvalue weighted by atomic mass is 10.2. The molecule has 0 saturated heterocycles. The van der Waals surface area contributed by atoms with Crippen molar-refractivity contribution in [1.82, 2.24) is 0 Å². The number of hydrogen-bond donors (Lipinski definition) is 0. The van der Waals surface area contributed by atoms with E-state index in [9.17, 15) is 4.79 Å². The zero-order chi connectivity index (χ0) is 9.30. The molecule has 1 aromatic carbocycles. The van der Waals surface area contributed by atoms with Crippen LogP contribution in [0.3, 0.4) is 0 Å². The van der Waals surface area contributed by atoms with E-state index in [1.54, 1.807) is 6.92 Å². The molecule has 0 aromatic heterocycles. The molecule has 4 heteroatoms. The summed E-state index contributed by atoms with van der Waals surface area (Å²) in [5.74, 6) is 0.139. The van der Waals surface area contributed by atoms with Gasteiger partial charge in [0.2, 0.25) is 0 Å². The second kappa shape index (κ2) is 4.54. The average molecular weight is 498 g/mol. The Kier molecular flexibility index (Phi) is 4.22. The first-order valence-electron chi connectivity index (χ1n) is 3.18. The van der Waals surface area contributed by atoms with Gasteiger partial charge in [0.15, 0.2) is 5.78 Å². The van der Waals surface area contributed by atoms with Crippen LogP contribution < -0.4 is 0 Å². The van der Waals surface area contributed by atoms with Crippen molar-refractivity contribution in [2.75, 3.05) is 0 Å². The second-order valence-electron chi connectivity index (χ2n) is 2.30. The summed E-state index contributed by atoms with van der Waals surface area (Å²) in [5.41, 5.74) is 0.844. The third-order valence-corrected chi connectivity index (χ3v) is 3.68. The summed E-state index contributed by atoms with van der Waals surface area (Å²) in [4.78, 5) is 11.2. The van der Waals surface area contributed by atoms with Crippen LogP contribution in [0.25, 0.3) is 0 Å². The Labute approximate surface area is 112 Å². The molecule has 1 aromatic rings. The van der Waals surface area contributed by atoms with E-state index in [4.69, 9.17) is 0 Å². The van der Waals surface area contributed by atoms with Gasteiger partial charge in [-0.2, -0.15) is 0 Å². The van der Waals surface area contributed by atoms with Crippen molar-refractivity contribution in [1.29, 1.82) is 0 Å². The predicted octanol–water partition coefficient (Wildman–Crippen LogP) is 3.70. The van der Waals surface area contributed by atoms with Crippen LogP contribution in [0.15, 0.2) is 12.1 Å². The minimum atomic E-state index is 0.139. The molecule has 0 heterocycles. The molecular weight excluding hydrogens is 493 g/mol. The summed E-state index contributed by atoms with van der Waals surface area (Å²) in [5, 5.41) is 0. The highest BCUT2D eigenvalue weighted by molar-refractivity contribution is 14.1. The van der Waals surface area contributed by atoms with Crippen molar-refractivity contribution in [3.63, 3.8) is 0 Å². The Hall–Kier alpha value is 1.08. The molecule has 0 saturated carbocycles. The average Bonchev–Trinajstić information content (AvgIpc) is 1.82. The van der Waals surface area contributed by atoms with Gasteiger partial charge in [-0.15, -0.1) is 0 Å². The molecule has 0 unspecified atom stereocenters. The van der Waals surface area contributed by atoms with Gasteiger partial charge in [0.05, 0.1) is 0 Å². The smallest absolute Gasteiger partial charge is 0.161 e. The molecule has 0 spiro atoms. The summed E-state index contributed by atoms with van der Waals surface area (Å²) in [6.45, 7) is 1.60. The van der Waals surface area contributed by atoms with Crippen LogP contribution in [0.4, 0.5) is 0 Å². The van der Waals surface area contributed by atoms with Gasteiger partial charge < -0.3 is 0 Å². The summed E-state index contributed by atoms with van der Waals surface area (Å²) >= 11 is 6.64. The maximum Gasteiger partial charge on any atom is 0.161 e. The van der Waals surface area contributed by atoms with Crippen LogP contribution in [-0.4, -0.2) is 5.78 Å². The van der Waals surface area contributed by atoms with Crippen molar-refractivity contribution in [2.45, 2.75) is 6.92 Å². The minimum Gasteiger partial charge on any atom is -0.294 e. The zero-order valence-corrected chi connectivity index (χ0v) is 12.7. The third-order valence-electron chi connectivity index (χ3n) is 1.36. The molecule has 1 nitrogen and oxygen atoms in total. The first kappa shape index (κ1) is 11.2. The minimum absolute atomic E-state index is 0.139. The molecule has 0 aliphatic heterocycles. The number of Topliss-reactive ketones (excluding diaryl/α,β-unsaturated/α-hetero) is 1. The van der Waals surface area contributed by atoms with Gasteiger partial charge in [0.25, 0.3) is 0 Å². The Balaban J connectivity index is 3.38. The molecule has 1 rings (SSSR count). The van der Waals surface area contributed by atoms with Crippen molar-refractivity contribution < 1.29 is 4.79 Å². The fourth-order valence-electron chi connectivity index (χ4n) is 0.879. The molecule has 0 fully saturated rings. The highest BCUT2D eigenvalue weighted by atomic mass is 127. The lowest BCUT2D eigenvalue weighted by molar-refractivity contribution is 0.101. The Bertz CT molecular complexity index is 310. The largest absolute Gasteiger partial charge is 0.294 e. The highest BCUT2D eigenvalue weighted by Crippen LogP contribution is 2.22. The number of ketones is 1. The first-order chi connectivity index (χ1) is 5.52. The topological polar surface area (TPSA) is 17.1 Å². The molecule has 0 aliphatic rings. The standard InChI is InChI=1S/C8H5I3O/c1-4(12)8-6(10)2-5(9)3-7(8)11/h2-3H,1H3. The Morgan fingerprint density at radius 1 is 1.17 bits per heavy atom. The lowest BCUT2D eigenvalue weighted by Crippen LogP contribution is -2.00. The Morgan fingerprint density at radius 3 is 1.92 bits per heavy atom. The van der Waals surface area contributed by atoms with E-state index in [1.807, 2.05) is 12.1 Å². The summed E-state index contributed by atoms with van der Waals surface area (Å²) in [7, 11) is 0. The van der Waals surface area contributed by atoms with Crippen LogP contribution in [0.5, 0.6) is 0 Å². The van der Waals surface area contributed by atoms with Crippen molar-refractivity contribution in [2.24, 2.45) is 0 Å². The summed E-state index contributed by atoms with van der Waals surface area (Å²) < 4.78 is 3.25. The lowest BCUT2D eigenvalue weighted by Gasteiger charge is -2.03. The SMILES string of the molecule is CC(=O)c1c(I)cc(I)cc1I. The van der Waals surface area contributed by atoms with E-state index in [1.165, 1.54) is 3.57 Å². The highest BCUT2D eigenvalue weighted by Gasteiger charge is 2.10. The third kappa shape index (κ3) is 2.53. The first-order valence-corrected chi connectivity index (χ1v) is 6.41. The Morgan fingerprint density at radius 2 is 1.58 bits per heavy atom. The maximum absolute atomic E-state index is 11.2. The molecular formula is C8H5I3O. The van der Waals surface area contributed by atoms with Gasteiger partial charge in [-0.05, 0) is 86.8 Å². The second-order valence-corrected chi connectivity index (χ2v) is 5.87. The van der Waals surface area contributed by atoms with E-state index in [0.29, 0.717) is 0 Å². The number of hydrogen-bond acceptors (Lipinski definition) is 1. The molecule has 0 N–H and O–H groups in total. The molecule has 0 aliphatic carbocycles. The van der Waals surface area contributed by atoms with Crippen LogP contribution in [0, 0.1) is 10.7 Å². The zero-order valence-electron chi connectivity index (χ0n) is 6.20. The molecule has 0 atom stereocenters.